The van der Waals surface area contributed by atoms with Gasteiger partial charge in [0, 0.05) is 6.20 Å². The van der Waals surface area contributed by atoms with Gasteiger partial charge in [0.1, 0.15) is 11.6 Å². The van der Waals surface area contributed by atoms with Crippen molar-refractivity contribution in [1.29, 1.82) is 0 Å². The highest BCUT2D eigenvalue weighted by molar-refractivity contribution is 5.77. The Morgan fingerprint density at radius 2 is 2.29 bits per heavy atom. The van der Waals surface area contributed by atoms with E-state index in [1.807, 2.05) is 29.7 Å². The van der Waals surface area contributed by atoms with Crippen molar-refractivity contribution >= 4 is 11.3 Å². The van der Waals surface area contributed by atoms with E-state index >= 15 is 0 Å². The minimum atomic E-state index is 0.138. The molecule has 3 heteroatoms. The van der Waals surface area contributed by atoms with Gasteiger partial charge >= 0.3 is 0 Å². The Labute approximate surface area is 82.4 Å². The van der Waals surface area contributed by atoms with Crippen molar-refractivity contribution in [1.82, 2.24) is 9.38 Å². The molecule has 0 N–H and O–H groups in total. The van der Waals surface area contributed by atoms with Gasteiger partial charge < -0.3 is 4.40 Å². The molecule has 2 aromatic heterocycles. The smallest absolute Gasteiger partial charge is 0.137 e. The molecule has 0 amide bonds. The van der Waals surface area contributed by atoms with Crippen LogP contribution < -0.4 is 0 Å². The Kier molecular flexibility index (Phi) is 2.08. The molecule has 2 aromatic rings. The van der Waals surface area contributed by atoms with Crippen molar-refractivity contribution in [3.8, 4) is 0 Å². The van der Waals surface area contributed by atoms with E-state index in [-0.39, 0.29) is 5.78 Å². The zero-order valence-electron chi connectivity index (χ0n) is 8.32. The number of ketones is 1. The van der Waals surface area contributed by atoms with E-state index in [0.29, 0.717) is 6.42 Å². The van der Waals surface area contributed by atoms with Crippen LogP contribution in [0.25, 0.3) is 5.52 Å². The number of nitrogens with zero attached hydrogens (tertiary/aromatic N) is 2. The van der Waals surface area contributed by atoms with Crippen LogP contribution in [0, 0.1) is 6.92 Å². The summed E-state index contributed by atoms with van der Waals surface area (Å²) in [6, 6.07) is 4.04. The summed E-state index contributed by atoms with van der Waals surface area (Å²) in [7, 11) is 0. The van der Waals surface area contributed by atoms with E-state index in [1.165, 1.54) is 5.56 Å². The van der Waals surface area contributed by atoms with Crippen LogP contribution in [0.15, 0.2) is 24.5 Å². The number of Topliss-reactive ketones (excluding diaryl/α,β-unsaturated/α-hetero) is 1. The Morgan fingerprint density at radius 3 is 3.00 bits per heavy atom. The Balaban J connectivity index is 2.55. The van der Waals surface area contributed by atoms with E-state index in [9.17, 15) is 4.79 Å². The van der Waals surface area contributed by atoms with Crippen molar-refractivity contribution in [2.45, 2.75) is 20.3 Å². The van der Waals surface area contributed by atoms with Crippen LogP contribution in [0.4, 0.5) is 0 Å². The number of aromatic nitrogens is 2. The van der Waals surface area contributed by atoms with Gasteiger partial charge in [-0.2, -0.15) is 0 Å². The van der Waals surface area contributed by atoms with Crippen LogP contribution in [0.5, 0.6) is 0 Å². The van der Waals surface area contributed by atoms with Crippen LogP contribution in [-0.4, -0.2) is 15.2 Å². The lowest BCUT2D eigenvalue weighted by molar-refractivity contribution is -0.116. The predicted octanol–water partition coefficient (Wildman–Crippen LogP) is 1.77. The molecular formula is C11H12N2O. The third-order valence-corrected chi connectivity index (χ3v) is 2.16. The maximum atomic E-state index is 11.0. The van der Waals surface area contributed by atoms with Gasteiger partial charge in [-0.15, -0.1) is 0 Å². The highest BCUT2D eigenvalue weighted by Gasteiger charge is 2.05. The molecule has 0 aliphatic rings. The van der Waals surface area contributed by atoms with Crippen molar-refractivity contribution in [3.63, 3.8) is 0 Å². The van der Waals surface area contributed by atoms with Crippen LogP contribution in [0.3, 0.4) is 0 Å². The lowest BCUT2D eigenvalue weighted by Crippen LogP contribution is -2.02. The standard InChI is InChI=1S/C11H12N2O/c1-8-3-4-10-6-12-11(5-9(2)14)13(10)7-8/h3-4,6-7H,5H2,1-2H3. The molecule has 0 atom stereocenters. The maximum absolute atomic E-state index is 11.0. The molecule has 2 rings (SSSR count). The molecule has 2 heterocycles. The van der Waals surface area contributed by atoms with Gasteiger partial charge in [-0.25, -0.2) is 4.98 Å². The van der Waals surface area contributed by atoms with Crippen molar-refractivity contribution in [2.24, 2.45) is 0 Å². The summed E-state index contributed by atoms with van der Waals surface area (Å²) in [6.45, 7) is 3.61. The van der Waals surface area contributed by atoms with E-state index < -0.39 is 0 Å². The first-order valence-corrected chi connectivity index (χ1v) is 4.59. The number of hydrogen-bond acceptors (Lipinski definition) is 2. The first-order chi connectivity index (χ1) is 6.66. The largest absolute Gasteiger partial charge is 0.303 e. The number of carbonyl (C=O) groups is 1. The van der Waals surface area contributed by atoms with E-state index in [4.69, 9.17) is 0 Å². The van der Waals surface area contributed by atoms with E-state index in [0.717, 1.165) is 11.3 Å². The minimum Gasteiger partial charge on any atom is -0.303 e. The molecule has 0 aliphatic heterocycles. The van der Waals surface area contributed by atoms with Crippen LogP contribution in [0.1, 0.15) is 18.3 Å². The number of hydrogen-bond donors (Lipinski definition) is 0. The number of fused-ring (bicyclic) bond motifs is 1. The normalized spacial score (nSPS) is 10.7. The molecule has 14 heavy (non-hydrogen) atoms. The fourth-order valence-electron chi connectivity index (χ4n) is 1.50. The van der Waals surface area contributed by atoms with E-state index in [1.54, 1.807) is 13.1 Å². The summed E-state index contributed by atoms with van der Waals surface area (Å²) in [5, 5.41) is 0. The first kappa shape index (κ1) is 8.94. The molecule has 0 aromatic carbocycles. The quantitative estimate of drug-likeness (QED) is 0.719. The maximum Gasteiger partial charge on any atom is 0.137 e. The SMILES string of the molecule is CC(=O)Cc1ncc2ccc(C)cn12. The average molecular weight is 188 g/mol. The Hall–Kier alpha value is -1.64. The molecular weight excluding hydrogens is 176 g/mol. The first-order valence-electron chi connectivity index (χ1n) is 4.59. The summed E-state index contributed by atoms with van der Waals surface area (Å²) in [5.74, 6) is 0.954. The van der Waals surface area contributed by atoms with Gasteiger partial charge in [0.05, 0.1) is 18.1 Å². The summed E-state index contributed by atoms with van der Waals surface area (Å²) in [5.41, 5.74) is 2.20. The van der Waals surface area contributed by atoms with Crippen LogP contribution in [0.2, 0.25) is 0 Å². The number of rotatable bonds is 2. The second kappa shape index (κ2) is 3.25. The van der Waals surface area contributed by atoms with Crippen molar-refractivity contribution in [2.75, 3.05) is 0 Å². The van der Waals surface area contributed by atoms with Gasteiger partial charge in [0.25, 0.3) is 0 Å². The third kappa shape index (κ3) is 1.53. The van der Waals surface area contributed by atoms with Crippen LogP contribution >= 0.6 is 0 Å². The highest BCUT2D eigenvalue weighted by Crippen LogP contribution is 2.09. The molecule has 0 spiro atoms. The van der Waals surface area contributed by atoms with Gasteiger partial charge in [0.2, 0.25) is 0 Å². The second-order valence-corrected chi connectivity index (χ2v) is 3.55. The van der Waals surface area contributed by atoms with E-state index in [2.05, 4.69) is 4.98 Å². The highest BCUT2D eigenvalue weighted by atomic mass is 16.1. The number of aryl methyl sites for hydroxylation is 1. The summed E-state index contributed by atoms with van der Waals surface area (Å²) in [4.78, 5) is 15.2. The predicted molar refractivity (Wildman–Crippen MR) is 54.3 cm³/mol. The molecule has 0 saturated carbocycles. The topological polar surface area (TPSA) is 34.4 Å². The molecule has 72 valence electrons. The second-order valence-electron chi connectivity index (χ2n) is 3.55. The number of carbonyl (C=O) groups excluding carboxylic acids is 1. The fourth-order valence-corrected chi connectivity index (χ4v) is 1.50. The summed E-state index contributed by atoms with van der Waals surface area (Å²) in [6.07, 6.45) is 4.19. The molecule has 0 radical (unpaired) electrons. The zero-order valence-corrected chi connectivity index (χ0v) is 8.32. The van der Waals surface area contributed by atoms with Gasteiger partial charge in [0.15, 0.2) is 0 Å². The Bertz CT molecular complexity index is 485. The van der Waals surface area contributed by atoms with Gasteiger partial charge in [-0.3, -0.25) is 4.79 Å². The van der Waals surface area contributed by atoms with Crippen molar-refractivity contribution in [3.05, 3.63) is 35.9 Å². The third-order valence-electron chi connectivity index (χ3n) is 2.16. The summed E-state index contributed by atoms with van der Waals surface area (Å²) >= 11 is 0. The number of imidazole rings is 1. The lowest BCUT2D eigenvalue weighted by atomic mass is 10.3. The van der Waals surface area contributed by atoms with Crippen LogP contribution in [-0.2, 0) is 11.2 Å². The monoisotopic (exact) mass is 188 g/mol. The lowest BCUT2D eigenvalue weighted by Gasteiger charge is -1.99. The summed E-state index contributed by atoms with van der Waals surface area (Å²) < 4.78 is 1.97. The molecule has 0 bridgehead atoms. The zero-order chi connectivity index (χ0) is 10.1. The molecule has 0 unspecified atom stereocenters. The molecule has 0 aliphatic carbocycles. The number of pyridine rings is 1. The van der Waals surface area contributed by atoms with Gasteiger partial charge in [-0.05, 0) is 25.5 Å². The molecule has 0 saturated heterocycles. The molecule has 3 nitrogen and oxygen atoms in total. The molecule has 0 fully saturated rings. The minimum absolute atomic E-state index is 0.138. The van der Waals surface area contributed by atoms with Gasteiger partial charge in [-0.1, -0.05) is 6.07 Å². The Morgan fingerprint density at radius 1 is 1.50 bits per heavy atom. The van der Waals surface area contributed by atoms with Crippen molar-refractivity contribution < 1.29 is 4.79 Å². The average Bonchev–Trinajstić information content (AvgIpc) is 2.47. The fraction of sp³-hybridized carbons (Fsp3) is 0.273.